The van der Waals surface area contributed by atoms with Gasteiger partial charge in [-0.25, -0.2) is 5.06 Å². The summed E-state index contributed by atoms with van der Waals surface area (Å²) in [6.45, 7) is 1.14. The molecule has 0 aromatic heterocycles. The van der Waals surface area contributed by atoms with Gasteiger partial charge in [0.25, 0.3) is 0 Å². The summed E-state index contributed by atoms with van der Waals surface area (Å²) in [5.41, 5.74) is 5.29. The molecule has 3 amide bonds. The molecule has 0 radical (unpaired) electrons. The third kappa shape index (κ3) is 11.0. The van der Waals surface area contributed by atoms with Gasteiger partial charge >= 0.3 is 17.2 Å². The van der Waals surface area contributed by atoms with E-state index >= 15 is 0 Å². The van der Waals surface area contributed by atoms with Crippen LogP contribution in [0.1, 0.15) is 26.2 Å². The van der Waals surface area contributed by atoms with E-state index in [0.717, 1.165) is 0 Å². The van der Waals surface area contributed by atoms with Gasteiger partial charge in [-0.3, -0.25) is 29.2 Å². The van der Waals surface area contributed by atoms with Crippen LogP contribution in [-0.4, -0.2) is 80.4 Å². The zero-order chi connectivity index (χ0) is 21.0. The van der Waals surface area contributed by atoms with E-state index in [2.05, 4.69) is 10.6 Å². The highest BCUT2D eigenvalue weighted by molar-refractivity contribution is 8.13. The molecule has 27 heavy (non-hydrogen) atoms. The van der Waals surface area contributed by atoms with E-state index in [-0.39, 0.29) is 25.1 Å². The van der Waals surface area contributed by atoms with Crippen LogP contribution in [0.25, 0.3) is 0 Å². The summed E-state index contributed by atoms with van der Waals surface area (Å²) in [5.74, 6) is -4.37. The molecule has 154 valence electrons. The Labute approximate surface area is 159 Å². The summed E-state index contributed by atoms with van der Waals surface area (Å²) in [6, 6.07) is -2.51. The number of hydrogen-bond acceptors (Lipinski definition) is 8. The van der Waals surface area contributed by atoms with Crippen LogP contribution in [0, 0.1) is 0 Å². The van der Waals surface area contributed by atoms with Crippen molar-refractivity contribution in [1.29, 1.82) is 0 Å². The predicted molar refractivity (Wildman–Crippen MR) is 94.1 cm³/mol. The Morgan fingerprint density at radius 2 is 1.81 bits per heavy atom. The Morgan fingerprint density at radius 1 is 1.19 bits per heavy atom. The number of hydrogen-bond donors (Lipinski definition) is 6. The van der Waals surface area contributed by atoms with Crippen molar-refractivity contribution < 1.29 is 39.4 Å². The molecule has 0 saturated carbocycles. The number of nitrogens with zero attached hydrogens (tertiary/aromatic N) is 1. The van der Waals surface area contributed by atoms with E-state index in [1.807, 2.05) is 0 Å². The third-order valence-electron chi connectivity index (χ3n) is 3.08. The number of hydroxylamine groups is 2. The molecule has 0 aromatic rings. The summed E-state index contributed by atoms with van der Waals surface area (Å²) >= 11 is 0.562. The van der Waals surface area contributed by atoms with Crippen LogP contribution in [0.15, 0.2) is 0 Å². The predicted octanol–water partition coefficient (Wildman–Crippen LogP) is -1.18. The van der Waals surface area contributed by atoms with Crippen LogP contribution < -0.4 is 16.4 Å². The number of aliphatic carboxylic acids is 2. The summed E-state index contributed by atoms with van der Waals surface area (Å²) in [4.78, 5) is 56.8. The highest BCUT2D eigenvalue weighted by Crippen LogP contribution is 2.10. The van der Waals surface area contributed by atoms with Crippen molar-refractivity contribution in [1.82, 2.24) is 15.7 Å². The fraction of sp³-hybridized carbons (Fsp3) is 0.643. The van der Waals surface area contributed by atoms with Crippen LogP contribution in [0.2, 0.25) is 0 Å². The second-order valence-corrected chi connectivity index (χ2v) is 6.39. The van der Waals surface area contributed by atoms with Gasteiger partial charge in [0.2, 0.25) is 11.8 Å². The zero-order valence-corrected chi connectivity index (χ0v) is 15.5. The van der Waals surface area contributed by atoms with E-state index in [0.29, 0.717) is 23.2 Å². The number of nitrogens with two attached hydrogens (primary N) is 1. The highest BCUT2D eigenvalue weighted by Gasteiger charge is 2.24. The molecule has 0 aliphatic rings. The molecule has 12 nitrogen and oxygen atoms in total. The van der Waals surface area contributed by atoms with Gasteiger partial charge in [-0.2, -0.15) is 0 Å². The number of rotatable bonds is 12. The molecule has 0 rings (SSSR count). The van der Waals surface area contributed by atoms with Gasteiger partial charge in [0, 0.05) is 18.7 Å². The average molecular weight is 408 g/mol. The molecule has 2 atom stereocenters. The van der Waals surface area contributed by atoms with Crippen LogP contribution >= 0.6 is 11.8 Å². The van der Waals surface area contributed by atoms with Gasteiger partial charge in [-0.15, -0.1) is 0 Å². The first-order chi connectivity index (χ1) is 12.6. The summed E-state index contributed by atoms with van der Waals surface area (Å²) in [7, 11) is 0. The Hall–Kier alpha value is -2.38. The number of thioether (sulfide) groups is 1. The maximum absolute atomic E-state index is 12.0. The van der Waals surface area contributed by atoms with Crippen LogP contribution in [0.5, 0.6) is 0 Å². The molecular weight excluding hydrogens is 384 g/mol. The number of amides is 3. The van der Waals surface area contributed by atoms with Gasteiger partial charge in [0.05, 0.1) is 0 Å². The third-order valence-corrected chi connectivity index (χ3v) is 4.04. The van der Waals surface area contributed by atoms with Crippen molar-refractivity contribution in [2.45, 2.75) is 38.3 Å². The minimum absolute atomic E-state index is 0.0845. The second-order valence-electron chi connectivity index (χ2n) is 5.42. The van der Waals surface area contributed by atoms with Gasteiger partial charge in [0.15, 0.2) is 0 Å². The molecule has 0 bridgehead atoms. The molecule has 0 aromatic carbocycles. The maximum atomic E-state index is 12.0. The maximum Gasteiger partial charge on any atom is 0.322 e. The number of nitrogens with one attached hydrogen (secondary N) is 2. The fourth-order valence-electron chi connectivity index (χ4n) is 1.68. The van der Waals surface area contributed by atoms with Crippen molar-refractivity contribution in [2.75, 3.05) is 18.8 Å². The minimum Gasteiger partial charge on any atom is -0.480 e. The van der Waals surface area contributed by atoms with E-state index in [1.54, 1.807) is 6.92 Å². The number of carbonyl (C=O) groups excluding carboxylic acids is 3. The van der Waals surface area contributed by atoms with Crippen molar-refractivity contribution in [3.05, 3.63) is 0 Å². The molecule has 0 saturated heterocycles. The molecule has 0 unspecified atom stereocenters. The van der Waals surface area contributed by atoms with Gasteiger partial charge in [-0.1, -0.05) is 18.7 Å². The van der Waals surface area contributed by atoms with Gasteiger partial charge in [-0.05, 0) is 12.8 Å². The second kappa shape index (κ2) is 12.9. The Balaban J connectivity index is 4.79. The quantitative estimate of drug-likeness (QED) is 0.169. The first-order valence-corrected chi connectivity index (χ1v) is 8.97. The van der Waals surface area contributed by atoms with Crippen molar-refractivity contribution >= 4 is 40.8 Å². The van der Waals surface area contributed by atoms with Crippen LogP contribution in [-0.2, 0) is 19.2 Å². The molecule has 0 fully saturated rings. The molecule has 13 heteroatoms. The molecule has 0 spiro atoms. The lowest BCUT2D eigenvalue weighted by atomic mass is 10.1. The monoisotopic (exact) mass is 408 g/mol. The van der Waals surface area contributed by atoms with Gasteiger partial charge in [0.1, 0.15) is 18.6 Å². The first kappa shape index (κ1) is 24.6. The molecule has 0 aliphatic carbocycles. The zero-order valence-electron chi connectivity index (χ0n) is 14.7. The first-order valence-electron chi connectivity index (χ1n) is 7.98. The number of carbonyl (C=O) groups is 5. The Bertz CT molecular complexity index is 559. The van der Waals surface area contributed by atoms with Crippen molar-refractivity contribution in [3.8, 4) is 0 Å². The normalized spacial score (nSPS) is 12.6. The summed E-state index contributed by atoms with van der Waals surface area (Å²) < 4.78 is 0. The summed E-state index contributed by atoms with van der Waals surface area (Å²) in [6.07, 6.45) is 0.0558. The van der Waals surface area contributed by atoms with E-state index < -0.39 is 47.6 Å². The smallest absolute Gasteiger partial charge is 0.322 e. The minimum atomic E-state index is -1.30. The van der Waals surface area contributed by atoms with Crippen molar-refractivity contribution in [2.24, 2.45) is 5.73 Å². The lowest BCUT2D eigenvalue weighted by Gasteiger charge is -2.19. The van der Waals surface area contributed by atoms with E-state index in [9.17, 15) is 29.2 Å². The van der Waals surface area contributed by atoms with Crippen molar-refractivity contribution in [3.63, 3.8) is 0 Å². The standard InChI is InChI=1S/C14H24N4O8S/c1-2-5-18(26)14(25)27-7-9(12(22)16-6-11(20)21)17-10(19)4-3-8(15)13(23)24/h8-9,26H,2-7,15H2,1H3,(H,16,22)(H,17,19)(H,20,21)(H,23,24)/t8-,9-/m0/s1. The SMILES string of the molecule is CCCN(O)C(=O)SC[C@H](NC(=O)CC[C@H](N)C(=O)O)C(=O)NCC(=O)O. The van der Waals surface area contributed by atoms with E-state index in [1.165, 1.54) is 0 Å². The lowest BCUT2D eigenvalue weighted by Crippen LogP contribution is -2.50. The topological polar surface area (TPSA) is 199 Å². The highest BCUT2D eigenvalue weighted by atomic mass is 32.2. The Kier molecular flexibility index (Phi) is 11.8. The largest absolute Gasteiger partial charge is 0.480 e. The van der Waals surface area contributed by atoms with Gasteiger partial charge < -0.3 is 26.6 Å². The average Bonchev–Trinajstić information content (AvgIpc) is 2.60. The van der Waals surface area contributed by atoms with Crippen LogP contribution in [0.3, 0.4) is 0 Å². The number of carboxylic acid groups (broad SMARTS) is 2. The fourth-order valence-corrected chi connectivity index (χ4v) is 2.46. The molecule has 0 heterocycles. The van der Waals surface area contributed by atoms with E-state index in [4.69, 9.17) is 15.9 Å². The molecule has 7 N–H and O–H groups in total. The lowest BCUT2D eigenvalue weighted by molar-refractivity contribution is -0.139. The molecular formula is C14H24N4O8S. The van der Waals surface area contributed by atoms with Crippen LogP contribution in [0.4, 0.5) is 4.79 Å². The molecule has 0 aliphatic heterocycles. The summed E-state index contributed by atoms with van der Waals surface area (Å²) in [5, 5.41) is 30.8. The number of carboxylic acids is 2. The Morgan fingerprint density at radius 3 is 2.33 bits per heavy atom.